The Labute approximate surface area is 112 Å². The van der Waals surface area contributed by atoms with Crippen LogP contribution in [-0.2, 0) is 5.33 Å². The quantitative estimate of drug-likeness (QED) is 0.843. The number of nitrogens with one attached hydrogen (secondary N) is 1. The van der Waals surface area contributed by atoms with E-state index >= 15 is 0 Å². The van der Waals surface area contributed by atoms with Gasteiger partial charge in [0.2, 0.25) is 0 Å². The molecule has 0 spiro atoms. The van der Waals surface area contributed by atoms with E-state index in [1.165, 1.54) is 5.56 Å². The molecule has 0 atom stereocenters. The van der Waals surface area contributed by atoms with E-state index in [-0.39, 0.29) is 11.3 Å². The summed E-state index contributed by atoms with van der Waals surface area (Å²) in [5.41, 5.74) is 2.16. The van der Waals surface area contributed by atoms with Gasteiger partial charge in [0.05, 0.1) is 0 Å². The van der Waals surface area contributed by atoms with Crippen LogP contribution in [0.2, 0.25) is 0 Å². The van der Waals surface area contributed by atoms with Crippen molar-refractivity contribution < 1.29 is 4.79 Å². The van der Waals surface area contributed by atoms with Crippen LogP contribution in [0.3, 0.4) is 0 Å². The minimum Gasteiger partial charge on any atom is -0.352 e. The lowest BCUT2D eigenvalue weighted by Crippen LogP contribution is -2.27. The summed E-state index contributed by atoms with van der Waals surface area (Å²) in [4.78, 5) is 11.8. The molecule has 94 valence electrons. The van der Waals surface area contributed by atoms with E-state index in [1.807, 2.05) is 24.3 Å². The van der Waals surface area contributed by atoms with Gasteiger partial charge in [-0.15, -0.1) is 0 Å². The highest BCUT2D eigenvalue weighted by atomic mass is 79.9. The summed E-state index contributed by atoms with van der Waals surface area (Å²) < 4.78 is 0. The monoisotopic (exact) mass is 297 g/mol. The number of amides is 1. The number of rotatable bonds is 4. The smallest absolute Gasteiger partial charge is 0.251 e. The second-order valence-electron chi connectivity index (χ2n) is 5.40. The highest BCUT2D eigenvalue weighted by Gasteiger charge is 2.11. The van der Waals surface area contributed by atoms with Crippen LogP contribution >= 0.6 is 15.9 Å². The molecular formula is C14H20BrNO. The number of carbonyl (C=O) groups is 1. The predicted molar refractivity (Wildman–Crippen MR) is 75.5 cm³/mol. The third-order valence-electron chi connectivity index (χ3n) is 2.53. The van der Waals surface area contributed by atoms with E-state index in [2.05, 4.69) is 42.0 Å². The van der Waals surface area contributed by atoms with Crippen molar-refractivity contribution in [2.75, 3.05) is 6.54 Å². The largest absolute Gasteiger partial charge is 0.352 e. The SMILES string of the molecule is CC(C)(C)CCNC(=O)c1ccc(CBr)cc1. The molecule has 17 heavy (non-hydrogen) atoms. The van der Waals surface area contributed by atoms with Crippen LogP contribution in [0.1, 0.15) is 43.1 Å². The summed E-state index contributed by atoms with van der Waals surface area (Å²) in [5.74, 6) is 0.00960. The molecule has 0 aromatic heterocycles. The van der Waals surface area contributed by atoms with Crippen molar-refractivity contribution in [3.8, 4) is 0 Å². The van der Waals surface area contributed by atoms with E-state index in [0.29, 0.717) is 0 Å². The highest BCUT2D eigenvalue weighted by molar-refractivity contribution is 9.08. The van der Waals surface area contributed by atoms with Crippen molar-refractivity contribution in [1.29, 1.82) is 0 Å². The molecule has 0 unspecified atom stereocenters. The summed E-state index contributed by atoms with van der Waals surface area (Å²) in [5, 5.41) is 3.76. The van der Waals surface area contributed by atoms with Crippen molar-refractivity contribution in [3.05, 3.63) is 35.4 Å². The topological polar surface area (TPSA) is 29.1 Å². The van der Waals surface area contributed by atoms with Gasteiger partial charge in [0.15, 0.2) is 0 Å². The molecule has 0 aliphatic carbocycles. The molecule has 0 bridgehead atoms. The maximum absolute atomic E-state index is 11.8. The Morgan fingerprint density at radius 2 is 1.82 bits per heavy atom. The van der Waals surface area contributed by atoms with Gasteiger partial charge in [-0.05, 0) is 29.5 Å². The Bertz CT molecular complexity index is 365. The molecule has 0 radical (unpaired) electrons. The molecule has 1 N–H and O–H groups in total. The number of benzene rings is 1. The van der Waals surface area contributed by atoms with Crippen molar-refractivity contribution in [3.63, 3.8) is 0 Å². The number of carbonyl (C=O) groups excluding carboxylic acids is 1. The van der Waals surface area contributed by atoms with Gasteiger partial charge in [-0.1, -0.05) is 48.8 Å². The minimum absolute atomic E-state index is 0.00960. The fourth-order valence-corrected chi connectivity index (χ4v) is 1.77. The molecule has 0 saturated heterocycles. The minimum atomic E-state index is 0.00960. The molecule has 0 saturated carbocycles. The Kier molecular flexibility index (Phi) is 5.19. The van der Waals surface area contributed by atoms with E-state index in [4.69, 9.17) is 0 Å². The van der Waals surface area contributed by atoms with E-state index in [1.54, 1.807) is 0 Å². The predicted octanol–water partition coefficient (Wildman–Crippen LogP) is 3.75. The number of hydrogen-bond donors (Lipinski definition) is 1. The highest BCUT2D eigenvalue weighted by Crippen LogP contribution is 2.17. The lowest BCUT2D eigenvalue weighted by Gasteiger charge is -2.18. The molecule has 0 aliphatic heterocycles. The Morgan fingerprint density at radius 1 is 1.24 bits per heavy atom. The van der Waals surface area contributed by atoms with Crippen LogP contribution in [0.15, 0.2) is 24.3 Å². The van der Waals surface area contributed by atoms with Crippen LogP contribution in [0.25, 0.3) is 0 Å². The summed E-state index contributed by atoms with van der Waals surface area (Å²) >= 11 is 3.38. The molecule has 1 rings (SSSR count). The third-order valence-corrected chi connectivity index (χ3v) is 3.18. The first-order valence-corrected chi connectivity index (χ1v) is 6.97. The van der Waals surface area contributed by atoms with Crippen LogP contribution in [0.5, 0.6) is 0 Å². The van der Waals surface area contributed by atoms with E-state index in [0.717, 1.165) is 23.9 Å². The zero-order valence-electron chi connectivity index (χ0n) is 10.7. The average molecular weight is 298 g/mol. The van der Waals surface area contributed by atoms with Crippen LogP contribution < -0.4 is 5.32 Å². The van der Waals surface area contributed by atoms with Crippen molar-refractivity contribution in [2.45, 2.75) is 32.5 Å². The first kappa shape index (κ1) is 14.2. The maximum Gasteiger partial charge on any atom is 0.251 e. The normalized spacial score (nSPS) is 11.3. The molecule has 3 heteroatoms. The maximum atomic E-state index is 11.8. The zero-order valence-corrected chi connectivity index (χ0v) is 12.3. The summed E-state index contributed by atoms with van der Waals surface area (Å²) in [7, 11) is 0. The lowest BCUT2D eigenvalue weighted by molar-refractivity contribution is 0.0949. The number of hydrogen-bond acceptors (Lipinski definition) is 1. The lowest BCUT2D eigenvalue weighted by atomic mass is 9.92. The first-order valence-electron chi connectivity index (χ1n) is 5.85. The van der Waals surface area contributed by atoms with Gasteiger partial charge in [-0.25, -0.2) is 0 Å². The van der Waals surface area contributed by atoms with Crippen molar-refractivity contribution in [2.24, 2.45) is 5.41 Å². The third kappa shape index (κ3) is 5.35. The summed E-state index contributed by atoms with van der Waals surface area (Å²) in [6.45, 7) is 7.24. The molecule has 2 nitrogen and oxygen atoms in total. The van der Waals surface area contributed by atoms with Gasteiger partial charge < -0.3 is 5.32 Å². The molecule has 0 fully saturated rings. The average Bonchev–Trinajstić information content (AvgIpc) is 2.27. The number of alkyl halides is 1. The molecule has 1 aromatic rings. The van der Waals surface area contributed by atoms with Gasteiger partial charge in [0, 0.05) is 17.4 Å². The zero-order chi connectivity index (χ0) is 12.9. The summed E-state index contributed by atoms with van der Waals surface area (Å²) in [6, 6.07) is 7.66. The molecule has 0 heterocycles. The van der Waals surface area contributed by atoms with Gasteiger partial charge in [0.1, 0.15) is 0 Å². The van der Waals surface area contributed by atoms with Crippen LogP contribution in [0.4, 0.5) is 0 Å². The molecule has 0 aliphatic rings. The van der Waals surface area contributed by atoms with Crippen LogP contribution in [-0.4, -0.2) is 12.5 Å². The second kappa shape index (κ2) is 6.20. The standard InChI is InChI=1S/C14H20BrNO/c1-14(2,3)8-9-16-13(17)12-6-4-11(10-15)5-7-12/h4-7H,8-10H2,1-3H3,(H,16,17). The van der Waals surface area contributed by atoms with E-state index in [9.17, 15) is 4.79 Å². The Balaban J connectivity index is 2.47. The second-order valence-corrected chi connectivity index (χ2v) is 5.96. The van der Waals surface area contributed by atoms with Crippen molar-refractivity contribution in [1.82, 2.24) is 5.32 Å². The first-order chi connectivity index (χ1) is 7.92. The van der Waals surface area contributed by atoms with E-state index < -0.39 is 0 Å². The Hall–Kier alpha value is -0.830. The molecule has 1 amide bonds. The van der Waals surface area contributed by atoms with Gasteiger partial charge in [0.25, 0.3) is 5.91 Å². The number of halogens is 1. The van der Waals surface area contributed by atoms with Crippen molar-refractivity contribution >= 4 is 21.8 Å². The molecular weight excluding hydrogens is 278 g/mol. The fraction of sp³-hybridized carbons (Fsp3) is 0.500. The Morgan fingerprint density at radius 3 is 2.29 bits per heavy atom. The summed E-state index contributed by atoms with van der Waals surface area (Å²) in [6.07, 6.45) is 0.984. The fourth-order valence-electron chi connectivity index (χ4n) is 1.40. The van der Waals surface area contributed by atoms with Gasteiger partial charge in [-0.2, -0.15) is 0 Å². The van der Waals surface area contributed by atoms with Gasteiger partial charge in [-0.3, -0.25) is 4.79 Å². The molecule has 1 aromatic carbocycles. The van der Waals surface area contributed by atoms with Gasteiger partial charge >= 0.3 is 0 Å². The van der Waals surface area contributed by atoms with Crippen LogP contribution in [0, 0.1) is 5.41 Å².